The summed E-state index contributed by atoms with van der Waals surface area (Å²) in [5, 5.41) is 4.51. The Morgan fingerprint density at radius 3 is 2.70 bits per heavy atom. The predicted molar refractivity (Wildman–Crippen MR) is 79.1 cm³/mol. The molecule has 0 unspecified atom stereocenters. The van der Waals surface area contributed by atoms with Crippen molar-refractivity contribution in [3.63, 3.8) is 0 Å². The van der Waals surface area contributed by atoms with Crippen LogP contribution in [-0.4, -0.2) is 18.5 Å². The molecule has 0 aliphatic carbocycles. The first kappa shape index (κ1) is 14.3. The van der Waals surface area contributed by atoms with Crippen molar-refractivity contribution < 1.29 is 14.3 Å². The number of ether oxygens (including phenoxy) is 1. The molecule has 0 atom stereocenters. The van der Waals surface area contributed by atoms with Crippen LogP contribution in [0.25, 0.3) is 0 Å². The van der Waals surface area contributed by atoms with Gasteiger partial charge in [-0.15, -0.1) is 11.3 Å². The molecule has 0 saturated carbocycles. The summed E-state index contributed by atoms with van der Waals surface area (Å²) in [6.07, 6.45) is 0. The van der Waals surface area contributed by atoms with Crippen LogP contribution >= 0.6 is 11.3 Å². The normalized spacial score (nSPS) is 10.1. The molecule has 4 nitrogen and oxygen atoms in total. The number of benzene rings is 1. The van der Waals surface area contributed by atoms with Crippen molar-refractivity contribution in [1.29, 1.82) is 0 Å². The van der Waals surface area contributed by atoms with Gasteiger partial charge in [-0.1, -0.05) is 23.8 Å². The molecule has 0 saturated heterocycles. The second kappa shape index (κ2) is 6.34. The Balaban J connectivity index is 1.88. The van der Waals surface area contributed by atoms with Gasteiger partial charge < -0.3 is 10.1 Å². The maximum absolute atomic E-state index is 11.7. The van der Waals surface area contributed by atoms with E-state index in [-0.39, 0.29) is 12.5 Å². The van der Waals surface area contributed by atoms with Crippen LogP contribution in [0.4, 0.5) is 5.69 Å². The van der Waals surface area contributed by atoms with Crippen LogP contribution in [0.5, 0.6) is 0 Å². The number of aryl methyl sites for hydroxylation is 2. The van der Waals surface area contributed by atoms with E-state index in [1.807, 2.05) is 32.0 Å². The van der Waals surface area contributed by atoms with E-state index in [1.54, 1.807) is 17.5 Å². The van der Waals surface area contributed by atoms with Crippen molar-refractivity contribution in [3.05, 3.63) is 51.7 Å². The molecule has 1 heterocycles. The second-order valence-corrected chi connectivity index (χ2v) is 5.37. The topological polar surface area (TPSA) is 55.4 Å². The largest absolute Gasteiger partial charge is 0.451 e. The molecule has 1 amide bonds. The summed E-state index contributed by atoms with van der Waals surface area (Å²) in [7, 11) is 0. The monoisotopic (exact) mass is 289 g/mol. The quantitative estimate of drug-likeness (QED) is 0.880. The van der Waals surface area contributed by atoms with E-state index in [0.717, 1.165) is 16.8 Å². The lowest BCUT2D eigenvalue weighted by Crippen LogP contribution is -2.21. The third-order valence-electron chi connectivity index (χ3n) is 2.71. The lowest BCUT2D eigenvalue weighted by atomic mass is 10.1. The summed E-state index contributed by atoms with van der Waals surface area (Å²) in [5.74, 6) is -0.822. The number of anilines is 1. The van der Waals surface area contributed by atoms with Gasteiger partial charge in [0, 0.05) is 5.69 Å². The van der Waals surface area contributed by atoms with Crippen LogP contribution in [0.15, 0.2) is 35.7 Å². The van der Waals surface area contributed by atoms with E-state index >= 15 is 0 Å². The van der Waals surface area contributed by atoms with Crippen LogP contribution in [0.3, 0.4) is 0 Å². The zero-order valence-electron chi connectivity index (χ0n) is 11.3. The van der Waals surface area contributed by atoms with Crippen molar-refractivity contribution in [2.24, 2.45) is 0 Å². The minimum absolute atomic E-state index is 0.288. The van der Waals surface area contributed by atoms with E-state index in [9.17, 15) is 9.59 Å². The molecular formula is C15H15NO3S. The first-order valence-corrected chi connectivity index (χ1v) is 7.02. The van der Waals surface area contributed by atoms with Crippen LogP contribution in [-0.2, 0) is 9.53 Å². The summed E-state index contributed by atoms with van der Waals surface area (Å²) in [5.41, 5.74) is 2.83. The van der Waals surface area contributed by atoms with Gasteiger partial charge in [-0.25, -0.2) is 4.79 Å². The Hall–Kier alpha value is -2.14. The highest BCUT2D eigenvalue weighted by atomic mass is 32.1. The van der Waals surface area contributed by atoms with Gasteiger partial charge in [0.25, 0.3) is 5.91 Å². The average Bonchev–Trinajstić information content (AvgIpc) is 2.93. The van der Waals surface area contributed by atoms with Crippen LogP contribution in [0.1, 0.15) is 20.8 Å². The highest BCUT2D eigenvalue weighted by Gasteiger charge is 2.11. The molecule has 2 aromatic rings. The van der Waals surface area contributed by atoms with Gasteiger partial charge in [0.2, 0.25) is 0 Å². The first-order chi connectivity index (χ1) is 9.56. The Morgan fingerprint density at radius 2 is 2.05 bits per heavy atom. The smallest absolute Gasteiger partial charge is 0.348 e. The van der Waals surface area contributed by atoms with Gasteiger partial charge in [-0.2, -0.15) is 0 Å². The Morgan fingerprint density at radius 1 is 1.25 bits per heavy atom. The van der Waals surface area contributed by atoms with Gasteiger partial charge >= 0.3 is 5.97 Å². The zero-order valence-corrected chi connectivity index (χ0v) is 12.1. The number of hydrogen-bond donors (Lipinski definition) is 1. The molecule has 0 fully saturated rings. The summed E-state index contributed by atoms with van der Waals surface area (Å²) in [6.45, 7) is 3.62. The van der Waals surface area contributed by atoms with E-state index in [1.165, 1.54) is 11.3 Å². The number of thiophene rings is 1. The Kier molecular flexibility index (Phi) is 4.53. The number of hydrogen-bond acceptors (Lipinski definition) is 4. The van der Waals surface area contributed by atoms with Crippen LogP contribution in [0.2, 0.25) is 0 Å². The average molecular weight is 289 g/mol. The van der Waals surface area contributed by atoms with Crippen LogP contribution < -0.4 is 5.32 Å². The maximum Gasteiger partial charge on any atom is 0.348 e. The predicted octanol–water partition coefficient (Wildman–Crippen LogP) is 3.16. The van der Waals surface area contributed by atoms with Crippen molar-refractivity contribution >= 4 is 28.9 Å². The van der Waals surface area contributed by atoms with Gasteiger partial charge in [0.05, 0.1) is 0 Å². The first-order valence-electron chi connectivity index (χ1n) is 6.14. The molecule has 0 aliphatic heterocycles. The number of rotatable bonds is 4. The van der Waals surface area contributed by atoms with Crippen molar-refractivity contribution in [3.8, 4) is 0 Å². The summed E-state index contributed by atoms with van der Waals surface area (Å²) >= 11 is 1.28. The van der Waals surface area contributed by atoms with E-state index in [2.05, 4.69) is 5.32 Å². The number of carbonyl (C=O) groups excluding carboxylic acids is 2. The minimum atomic E-state index is -0.476. The highest BCUT2D eigenvalue weighted by Crippen LogP contribution is 2.16. The molecule has 0 aliphatic rings. The fraction of sp³-hybridized carbons (Fsp3) is 0.200. The molecule has 5 heteroatoms. The summed E-state index contributed by atoms with van der Waals surface area (Å²) in [4.78, 5) is 23.8. The van der Waals surface area contributed by atoms with E-state index < -0.39 is 5.97 Å². The third kappa shape index (κ3) is 3.68. The molecule has 1 aromatic heterocycles. The fourth-order valence-corrected chi connectivity index (χ4v) is 2.35. The number of esters is 1. The standard InChI is InChI=1S/C15H15NO3S/c1-10-5-6-12(11(2)8-10)16-14(17)9-19-15(18)13-4-3-7-20-13/h3-8H,9H2,1-2H3,(H,16,17). The second-order valence-electron chi connectivity index (χ2n) is 4.42. The fourth-order valence-electron chi connectivity index (χ4n) is 1.74. The SMILES string of the molecule is Cc1ccc(NC(=O)COC(=O)c2cccs2)c(C)c1. The maximum atomic E-state index is 11.7. The molecule has 1 aromatic carbocycles. The molecule has 20 heavy (non-hydrogen) atoms. The molecule has 1 N–H and O–H groups in total. The Bertz CT molecular complexity index is 620. The highest BCUT2D eigenvalue weighted by molar-refractivity contribution is 7.11. The van der Waals surface area contributed by atoms with Crippen molar-refractivity contribution in [1.82, 2.24) is 0 Å². The summed E-state index contributed by atoms with van der Waals surface area (Å²) in [6, 6.07) is 9.16. The zero-order chi connectivity index (χ0) is 14.5. The molecule has 104 valence electrons. The Labute approximate surface area is 121 Å². The molecule has 0 radical (unpaired) electrons. The molecule has 0 spiro atoms. The van der Waals surface area contributed by atoms with Crippen LogP contribution in [0, 0.1) is 13.8 Å². The van der Waals surface area contributed by atoms with Gasteiger partial charge in [-0.3, -0.25) is 4.79 Å². The van der Waals surface area contributed by atoms with E-state index in [4.69, 9.17) is 4.74 Å². The van der Waals surface area contributed by atoms with E-state index in [0.29, 0.717) is 4.88 Å². The van der Waals surface area contributed by atoms with Gasteiger partial charge in [0.1, 0.15) is 4.88 Å². The number of nitrogens with one attached hydrogen (secondary N) is 1. The number of amides is 1. The third-order valence-corrected chi connectivity index (χ3v) is 3.56. The van der Waals surface area contributed by atoms with Gasteiger partial charge in [-0.05, 0) is 36.9 Å². The lowest BCUT2D eigenvalue weighted by molar-refractivity contribution is -0.119. The van der Waals surface area contributed by atoms with Gasteiger partial charge in [0.15, 0.2) is 6.61 Å². The lowest BCUT2D eigenvalue weighted by Gasteiger charge is -2.09. The molecule has 0 bridgehead atoms. The minimum Gasteiger partial charge on any atom is -0.451 e. The summed E-state index contributed by atoms with van der Waals surface area (Å²) < 4.78 is 4.94. The number of carbonyl (C=O) groups is 2. The van der Waals surface area contributed by atoms with Crippen molar-refractivity contribution in [2.75, 3.05) is 11.9 Å². The molecular weight excluding hydrogens is 274 g/mol. The van der Waals surface area contributed by atoms with Crippen molar-refractivity contribution in [2.45, 2.75) is 13.8 Å². The molecule has 2 rings (SSSR count).